The van der Waals surface area contributed by atoms with E-state index >= 15 is 0 Å². The van der Waals surface area contributed by atoms with Gasteiger partial charge in [0.1, 0.15) is 18.3 Å². The van der Waals surface area contributed by atoms with Crippen molar-refractivity contribution >= 4 is 11.9 Å². The zero-order valence-corrected chi connectivity index (χ0v) is 17.4. The third kappa shape index (κ3) is 4.84. The molecule has 166 valence electrons. The Balaban J connectivity index is 2.44. The molecule has 1 aliphatic rings. The predicted octanol–water partition coefficient (Wildman–Crippen LogP) is 0.338. The lowest BCUT2D eigenvalue weighted by Gasteiger charge is -2.38. The standard InChI is InChI=1S/C21H24N2O8/c1-20(2,8-22)11-5-10(6-12(7-11)21(3,4)9-23)18(29)31-19-15(26)13(24)14(25)16(30-19)17(27)28/h5-7,13-16,19,24-26H,1-4H3,(H,27,28)/t13-,14-,15+,16-,19?/m0/s1. The van der Waals surface area contributed by atoms with E-state index in [9.17, 15) is 35.4 Å². The minimum absolute atomic E-state index is 0.0672. The molecule has 0 spiro atoms. The average molecular weight is 432 g/mol. The lowest BCUT2D eigenvalue weighted by molar-refractivity contribution is -0.278. The summed E-state index contributed by atoms with van der Waals surface area (Å²) < 4.78 is 10.0. The Labute approximate surface area is 178 Å². The first-order valence-corrected chi connectivity index (χ1v) is 9.37. The van der Waals surface area contributed by atoms with Gasteiger partial charge in [0.25, 0.3) is 0 Å². The van der Waals surface area contributed by atoms with E-state index in [0.29, 0.717) is 11.1 Å². The molecule has 0 aliphatic carbocycles. The van der Waals surface area contributed by atoms with Crippen molar-refractivity contribution in [1.82, 2.24) is 0 Å². The highest BCUT2D eigenvalue weighted by Gasteiger charge is 2.48. The van der Waals surface area contributed by atoms with Crippen LogP contribution >= 0.6 is 0 Å². The number of nitriles is 2. The van der Waals surface area contributed by atoms with Gasteiger partial charge in [-0.2, -0.15) is 10.5 Å². The van der Waals surface area contributed by atoms with Crippen molar-refractivity contribution < 1.29 is 39.5 Å². The number of esters is 1. The van der Waals surface area contributed by atoms with E-state index in [1.165, 1.54) is 12.1 Å². The number of carboxylic acid groups (broad SMARTS) is 1. The van der Waals surface area contributed by atoms with Crippen molar-refractivity contribution in [2.45, 2.75) is 69.2 Å². The molecular weight excluding hydrogens is 408 g/mol. The maximum Gasteiger partial charge on any atom is 0.340 e. The van der Waals surface area contributed by atoms with Gasteiger partial charge in [0.15, 0.2) is 6.10 Å². The van der Waals surface area contributed by atoms with Crippen molar-refractivity contribution in [3.05, 3.63) is 34.9 Å². The molecule has 0 amide bonds. The number of rotatable bonds is 5. The number of aliphatic carboxylic acids is 1. The number of ether oxygens (including phenoxy) is 2. The summed E-state index contributed by atoms with van der Waals surface area (Å²) in [4.78, 5) is 24.0. The number of benzene rings is 1. The summed E-state index contributed by atoms with van der Waals surface area (Å²) in [7, 11) is 0. The summed E-state index contributed by atoms with van der Waals surface area (Å²) in [6, 6.07) is 8.63. The molecule has 0 bridgehead atoms. The van der Waals surface area contributed by atoms with Crippen molar-refractivity contribution in [2.24, 2.45) is 0 Å². The van der Waals surface area contributed by atoms with Crippen molar-refractivity contribution in [1.29, 1.82) is 10.5 Å². The molecule has 0 saturated carbocycles. The molecule has 1 unspecified atom stereocenters. The Hall–Kier alpha value is -3.02. The molecule has 0 radical (unpaired) electrons. The van der Waals surface area contributed by atoms with Gasteiger partial charge >= 0.3 is 11.9 Å². The van der Waals surface area contributed by atoms with Gasteiger partial charge in [0, 0.05) is 0 Å². The highest BCUT2D eigenvalue weighted by atomic mass is 16.7. The van der Waals surface area contributed by atoms with Gasteiger partial charge in [0.2, 0.25) is 6.29 Å². The van der Waals surface area contributed by atoms with E-state index in [1.807, 2.05) is 0 Å². The van der Waals surface area contributed by atoms with Crippen LogP contribution in [-0.4, -0.2) is 63.1 Å². The van der Waals surface area contributed by atoms with Crippen molar-refractivity contribution in [3.63, 3.8) is 0 Å². The first-order valence-electron chi connectivity index (χ1n) is 9.37. The summed E-state index contributed by atoms with van der Waals surface area (Å²) in [5.41, 5.74) is -1.21. The number of aliphatic hydroxyl groups excluding tert-OH is 3. The fourth-order valence-electron chi connectivity index (χ4n) is 2.92. The summed E-state index contributed by atoms with van der Waals surface area (Å²) in [6.45, 7) is 6.52. The Morgan fingerprint density at radius 3 is 1.84 bits per heavy atom. The van der Waals surface area contributed by atoms with Crippen LogP contribution in [0.1, 0.15) is 49.2 Å². The van der Waals surface area contributed by atoms with Gasteiger partial charge in [-0.05, 0) is 51.0 Å². The van der Waals surface area contributed by atoms with Crippen LogP contribution in [0.25, 0.3) is 0 Å². The minimum atomic E-state index is -1.93. The van der Waals surface area contributed by atoms with E-state index in [0.717, 1.165) is 0 Å². The zero-order chi connectivity index (χ0) is 23.7. The Kier molecular flexibility index (Phi) is 6.74. The summed E-state index contributed by atoms with van der Waals surface area (Å²) >= 11 is 0. The number of aliphatic hydroxyl groups is 3. The average Bonchev–Trinajstić information content (AvgIpc) is 2.73. The van der Waals surface area contributed by atoms with Crippen LogP contribution in [0.3, 0.4) is 0 Å². The van der Waals surface area contributed by atoms with Crippen LogP contribution in [0.15, 0.2) is 18.2 Å². The Bertz CT molecular complexity index is 915. The number of hydrogen-bond donors (Lipinski definition) is 4. The van der Waals surface area contributed by atoms with Crippen LogP contribution in [0, 0.1) is 22.7 Å². The molecule has 10 nitrogen and oxygen atoms in total. The smallest absolute Gasteiger partial charge is 0.340 e. The highest BCUT2D eigenvalue weighted by Crippen LogP contribution is 2.31. The molecule has 4 N–H and O–H groups in total. The molecule has 31 heavy (non-hydrogen) atoms. The highest BCUT2D eigenvalue weighted by molar-refractivity contribution is 5.90. The van der Waals surface area contributed by atoms with Crippen LogP contribution in [0.4, 0.5) is 0 Å². The SMILES string of the molecule is CC(C)(C#N)c1cc(C(=O)OC2O[C@H](C(=O)O)[C@@H](O)[C@H](O)[C@H]2O)cc(C(C)(C)C#N)c1. The Morgan fingerprint density at radius 2 is 1.42 bits per heavy atom. The van der Waals surface area contributed by atoms with Gasteiger partial charge in [0.05, 0.1) is 28.5 Å². The van der Waals surface area contributed by atoms with E-state index < -0.39 is 53.5 Å². The van der Waals surface area contributed by atoms with Gasteiger partial charge in [-0.1, -0.05) is 6.07 Å². The van der Waals surface area contributed by atoms with E-state index in [-0.39, 0.29) is 5.56 Å². The topological polar surface area (TPSA) is 181 Å². The quantitative estimate of drug-likeness (QED) is 0.473. The van der Waals surface area contributed by atoms with Gasteiger partial charge < -0.3 is 29.9 Å². The molecule has 0 aromatic heterocycles. The largest absolute Gasteiger partial charge is 0.479 e. The van der Waals surface area contributed by atoms with Crippen LogP contribution in [-0.2, 0) is 25.1 Å². The first-order chi connectivity index (χ1) is 14.2. The van der Waals surface area contributed by atoms with Crippen molar-refractivity contribution in [2.75, 3.05) is 0 Å². The van der Waals surface area contributed by atoms with Gasteiger partial charge in [-0.15, -0.1) is 0 Å². The second-order valence-corrected chi connectivity index (χ2v) is 8.41. The second kappa shape index (κ2) is 8.61. The maximum absolute atomic E-state index is 12.8. The first kappa shape index (κ1) is 24.3. The lowest BCUT2D eigenvalue weighted by Crippen LogP contribution is -2.60. The van der Waals surface area contributed by atoms with E-state index in [2.05, 4.69) is 12.1 Å². The molecule has 1 saturated heterocycles. The molecule has 1 aromatic rings. The third-order valence-corrected chi connectivity index (χ3v) is 5.21. The van der Waals surface area contributed by atoms with Crippen molar-refractivity contribution in [3.8, 4) is 12.1 Å². The molecule has 2 rings (SSSR count). The van der Waals surface area contributed by atoms with Crippen LogP contribution in [0.5, 0.6) is 0 Å². The van der Waals surface area contributed by atoms with Crippen LogP contribution < -0.4 is 0 Å². The lowest BCUT2D eigenvalue weighted by atomic mass is 9.79. The third-order valence-electron chi connectivity index (χ3n) is 5.21. The fraction of sp³-hybridized carbons (Fsp3) is 0.524. The number of hydrogen-bond acceptors (Lipinski definition) is 9. The molecule has 1 fully saturated rings. The van der Waals surface area contributed by atoms with Gasteiger partial charge in [-0.3, -0.25) is 0 Å². The monoisotopic (exact) mass is 432 g/mol. The summed E-state index contributed by atoms with van der Waals surface area (Å²) in [5, 5.41) is 57.7. The summed E-state index contributed by atoms with van der Waals surface area (Å²) in [5.74, 6) is -2.65. The number of carbonyl (C=O) groups is 2. The molecule has 5 atom stereocenters. The predicted molar refractivity (Wildman–Crippen MR) is 103 cm³/mol. The Morgan fingerprint density at radius 1 is 0.935 bits per heavy atom. The van der Waals surface area contributed by atoms with Crippen LogP contribution in [0.2, 0.25) is 0 Å². The molecule has 1 aromatic carbocycles. The van der Waals surface area contributed by atoms with E-state index in [1.54, 1.807) is 33.8 Å². The number of nitrogens with zero attached hydrogens (tertiary/aromatic N) is 2. The van der Waals surface area contributed by atoms with E-state index in [4.69, 9.17) is 14.6 Å². The number of carboxylic acids is 1. The maximum atomic E-state index is 12.8. The normalized spacial score (nSPS) is 26.4. The minimum Gasteiger partial charge on any atom is -0.479 e. The molecule has 10 heteroatoms. The molecule has 1 aliphatic heterocycles. The molecular formula is C21H24N2O8. The summed E-state index contributed by atoms with van der Waals surface area (Å²) in [6.07, 6.45) is -9.54. The molecule has 1 heterocycles. The zero-order valence-electron chi connectivity index (χ0n) is 17.4. The second-order valence-electron chi connectivity index (χ2n) is 8.41. The number of carbonyl (C=O) groups excluding carboxylic acids is 1. The fourth-order valence-corrected chi connectivity index (χ4v) is 2.92. The van der Waals surface area contributed by atoms with Gasteiger partial charge in [-0.25, -0.2) is 9.59 Å².